The molecular weight excluding hydrogens is 202 g/mol. The second kappa shape index (κ2) is 3.67. The third-order valence-electron chi connectivity index (χ3n) is 2.97. The minimum atomic E-state index is -0.0137. The van der Waals surface area contributed by atoms with Crippen LogP contribution in [0.3, 0.4) is 0 Å². The van der Waals surface area contributed by atoms with Crippen molar-refractivity contribution in [2.75, 3.05) is 0 Å². The Hall–Kier alpha value is -1.77. The Morgan fingerprint density at radius 1 is 1.31 bits per heavy atom. The molecule has 1 N–H and O–H groups in total. The Morgan fingerprint density at radius 2 is 2.00 bits per heavy atom. The van der Waals surface area contributed by atoms with Gasteiger partial charge in [0.05, 0.1) is 5.52 Å². The molecule has 1 aromatic carbocycles. The molecule has 0 aliphatic rings. The number of pyridine rings is 1. The zero-order valence-corrected chi connectivity index (χ0v) is 9.74. The van der Waals surface area contributed by atoms with E-state index < -0.39 is 0 Å². The van der Waals surface area contributed by atoms with Crippen LogP contribution >= 0.6 is 0 Å². The molecule has 84 valence electrons. The molecule has 0 saturated heterocycles. The summed E-state index contributed by atoms with van der Waals surface area (Å²) in [6.07, 6.45) is 0.839. The lowest BCUT2D eigenvalue weighted by Crippen LogP contribution is -2.19. The van der Waals surface area contributed by atoms with Crippen molar-refractivity contribution < 1.29 is 5.11 Å². The van der Waals surface area contributed by atoms with Gasteiger partial charge in [-0.15, -0.1) is 0 Å². The fourth-order valence-electron chi connectivity index (χ4n) is 1.96. The highest BCUT2D eigenvalue weighted by Gasteiger charge is 2.08. The largest absolute Gasteiger partial charge is 0.507 e. The maximum absolute atomic E-state index is 11.8. The van der Waals surface area contributed by atoms with E-state index in [0.29, 0.717) is 5.56 Å². The van der Waals surface area contributed by atoms with Crippen LogP contribution in [0.2, 0.25) is 0 Å². The lowest BCUT2D eigenvalue weighted by Gasteiger charge is -2.09. The monoisotopic (exact) mass is 217 g/mol. The van der Waals surface area contributed by atoms with Gasteiger partial charge in [0.2, 0.25) is 0 Å². The number of aromatic hydroxyl groups is 1. The zero-order valence-electron chi connectivity index (χ0n) is 9.74. The highest BCUT2D eigenvalue weighted by Crippen LogP contribution is 2.26. The van der Waals surface area contributed by atoms with Crippen molar-refractivity contribution in [3.63, 3.8) is 0 Å². The number of phenols is 1. The fraction of sp³-hybridized carbons (Fsp3) is 0.308. The van der Waals surface area contributed by atoms with E-state index >= 15 is 0 Å². The standard InChI is InChI=1S/C13H15NO2/c1-4-9-6-11-10(12(15)7-9)5-8(2)13(16)14(11)3/h5-7,15H,4H2,1-3H3. The average molecular weight is 217 g/mol. The van der Waals surface area contributed by atoms with E-state index in [0.717, 1.165) is 22.9 Å². The molecule has 0 radical (unpaired) electrons. The zero-order chi connectivity index (χ0) is 11.9. The molecule has 0 aliphatic heterocycles. The molecule has 0 fully saturated rings. The lowest BCUT2D eigenvalue weighted by molar-refractivity contribution is 0.480. The minimum Gasteiger partial charge on any atom is -0.507 e. The van der Waals surface area contributed by atoms with Crippen molar-refractivity contribution in [2.24, 2.45) is 7.05 Å². The van der Waals surface area contributed by atoms with Gasteiger partial charge in [-0.05, 0) is 37.1 Å². The highest BCUT2D eigenvalue weighted by molar-refractivity contribution is 5.86. The minimum absolute atomic E-state index is 0.0137. The molecule has 3 nitrogen and oxygen atoms in total. The van der Waals surface area contributed by atoms with Gasteiger partial charge in [-0.25, -0.2) is 0 Å². The van der Waals surface area contributed by atoms with Crippen LogP contribution in [-0.4, -0.2) is 9.67 Å². The second-order valence-electron chi connectivity index (χ2n) is 4.09. The van der Waals surface area contributed by atoms with E-state index in [2.05, 4.69) is 0 Å². The molecule has 0 amide bonds. The van der Waals surface area contributed by atoms with Gasteiger partial charge < -0.3 is 9.67 Å². The van der Waals surface area contributed by atoms with Crippen LogP contribution in [0, 0.1) is 6.92 Å². The lowest BCUT2D eigenvalue weighted by atomic mass is 10.1. The number of hydrogen-bond acceptors (Lipinski definition) is 2. The Kier molecular flexibility index (Phi) is 2.46. The molecular formula is C13H15NO2. The topological polar surface area (TPSA) is 42.2 Å². The smallest absolute Gasteiger partial charge is 0.253 e. The molecule has 0 aliphatic carbocycles. The van der Waals surface area contributed by atoms with Gasteiger partial charge in [-0.3, -0.25) is 4.79 Å². The number of hydrogen-bond donors (Lipinski definition) is 1. The molecule has 1 aromatic heterocycles. The summed E-state index contributed by atoms with van der Waals surface area (Å²) in [6, 6.07) is 5.45. The van der Waals surface area contributed by atoms with Gasteiger partial charge in [0.15, 0.2) is 0 Å². The summed E-state index contributed by atoms with van der Waals surface area (Å²) in [6.45, 7) is 3.78. The third-order valence-corrected chi connectivity index (χ3v) is 2.97. The molecule has 3 heteroatoms. The first kappa shape index (κ1) is 10.7. The number of aromatic nitrogens is 1. The van der Waals surface area contributed by atoms with E-state index in [4.69, 9.17) is 0 Å². The van der Waals surface area contributed by atoms with Crippen molar-refractivity contribution in [3.8, 4) is 5.75 Å². The van der Waals surface area contributed by atoms with E-state index in [1.165, 1.54) is 0 Å². The number of aryl methyl sites for hydroxylation is 3. The Labute approximate surface area is 94.0 Å². The van der Waals surface area contributed by atoms with Crippen LogP contribution in [0.4, 0.5) is 0 Å². The SMILES string of the molecule is CCc1cc(O)c2cc(C)c(=O)n(C)c2c1. The summed E-state index contributed by atoms with van der Waals surface area (Å²) in [4.78, 5) is 11.8. The summed E-state index contributed by atoms with van der Waals surface area (Å²) in [5.41, 5.74) is 2.45. The molecule has 0 spiro atoms. The van der Waals surface area contributed by atoms with Crippen LogP contribution < -0.4 is 5.56 Å². The van der Waals surface area contributed by atoms with Crippen LogP contribution in [0.1, 0.15) is 18.1 Å². The summed E-state index contributed by atoms with van der Waals surface area (Å²) in [5, 5.41) is 10.6. The summed E-state index contributed by atoms with van der Waals surface area (Å²) < 4.78 is 1.59. The summed E-state index contributed by atoms with van der Waals surface area (Å²) >= 11 is 0. The number of phenolic OH excluding ortho intramolecular Hbond substituents is 1. The Balaban J connectivity index is 2.96. The van der Waals surface area contributed by atoms with Crippen molar-refractivity contribution >= 4 is 10.9 Å². The number of fused-ring (bicyclic) bond motifs is 1. The van der Waals surface area contributed by atoms with Crippen molar-refractivity contribution in [1.82, 2.24) is 4.57 Å². The first-order chi connectivity index (χ1) is 7.54. The second-order valence-corrected chi connectivity index (χ2v) is 4.09. The Morgan fingerprint density at radius 3 is 2.62 bits per heavy atom. The number of nitrogens with zero attached hydrogens (tertiary/aromatic N) is 1. The predicted octanol–water partition coefficient (Wildman–Crippen LogP) is 2.11. The summed E-state index contributed by atoms with van der Waals surface area (Å²) in [5.74, 6) is 0.244. The average Bonchev–Trinajstić information content (AvgIpc) is 2.27. The molecule has 0 unspecified atom stereocenters. The fourth-order valence-corrected chi connectivity index (χ4v) is 1.96. The van der Waals surface area contributed by atoms with Crippen LogP contribution in [0.25, 0.3) is 10.9 Å². The van der Waals surface area contributed by atoms with Crippen molar-refractivity contribution in [1.29, 1.82) is 0 Å². The first-order valence-electron chi connectivity index (χ1n) is 5.36. The summed E-state index contributed by atoms with van der Waals surface area (Å²) in [7, 11) is 1.73. The molecule has 16 heavy (non-hydrogen) atoms. The maximum atomic E-state index is 11.8. The van der Waals surface area contributed by atoms with Crippen LogP contribution in [-0.2, 0) is 13.5 Å². The van der Waals surface area contributed by atoms with E-state index in [9.17, 15) is 9.90 Å². The molecule has 1 heterocycles. The van der Waals surface area contributed by atoms with E-state index in [-0.39, 0.29) is 11.3 Å². The predicted molar refractivity (Wildman–Crippen MR) is 65.0 cm³/mol. The molecule has 0 saturated carbocycles. The Bertz CT molecular complexity index is 611. The quantitative estimate of drug-likeness (QED) is 0.795. The van der Waals surface area contributed by atoms with E-state index in [1.807, 2.05) is 13.0 Å². The van der Waals surface area contributed by atoms with E-state index in [1.54, 1.807) is 30.7 Å². The van der Waals surface area contributed by atoms with Crippen LogP contribution in [0.5, 0.6) is 5.75 Å². The van der Waals surface area contributed by atoms with Crippen molar-refractivity contribution in [2.45, 2.75) is 20.3 Å². The third kappa shape index (κ3) is 1.48. The first-order valence-corrected chi connectivity index (χ1v) is 5.36. The van der Waals surface area contributed by atoms with Gasteiger partial charge in [-0.1, -0.05) is 6.92 Å². The maximum Gasteiger partial charge on any atom is 0.253 e. The normalized spacial score (nSPS) is 10.9. The van der Waals surface area contributed by atoms with Gasteiger partial charge in [0, 0.05) is 18.0 Å². The number of rotatable bonds is 1. The molecule has 2 rings (SSSR count). The van der Waals surface area contributed by atoms with Gasteiger partial charge in [0.25, 0.3) is 5.56 Å². The highest BCUT2D eigenvalue weighted by atomic mass is 16.3. The van der Waals surface area contributed by atoms with Gasteiger partial charge in [0.1, 0.15) is 5.75 Å². The van der Waals surface area contributed by atoms with Crippen LogP contribution in [0.15, 0.2) is 23.0 Å². The van der Waals surface area contributed by atoms with Gasteiger partial charge in [-0.2, -0.15) is 0 Å². The van der Waals surface area contributed by atoms with Crippen molar-refractivity contribution in [3.05, 3.63) is 39.7 Å². The van der Waals surface area contributed by atoms with Gasteiger partial charge >= 0.3 is 0 Å². The molecule has 2 aromatic rings. The molecule has 0 atom stereocenters. The molecule has 0 bridgehead atoms. The number of benzene rings is 1.